The Morgan fingerprint density at radius 3 is 2.71 bits per heavy atom. The van der Waals surface area contributed by atoms with Crippen LogP contribution in [0.3, 0.4) is 0 Å². The molecular formula is C8H19N4O2+. The molecule has 14 heavy (non-hydrogen) atoms. The maximum atomic E-state index is 10.4. The van der Waals surface area contributed by atoms with Gasteiger partial charge < -0.3 is 10.8 Å². The fourth-order valence-electron chi connectivity index (χ4n) is 0.961. The van der Waals surface area contributed by atoms with Crippen molar-refractivity contribution in [3.05, 3.63) is 0 Å². The highest BCUT2D eigenvalue weighted by Crippen LogP contribution is 1.92. The lowest BCUT2D eigenvalue weighted by molar-refractivity contribution is -0.424. The first-order valence-electron chi connectivity index (χ1n) is 4.56. The van der Waals surface area contributed by atoms with Crippen LogP contribution in [0.25, 0.3) is 0 Å². The highest BCUT2D eigenvalue weighted by Gasteiger charge is 2.10. The van der Waals surface area contributed by atoms with Crippen molar-refractivity contribution < 1.29 is 14.9 Å². The van der Waals surface area contributed by atoms with Gasteiger partial charge >= 0.3 is 11.9 Å². The van der Waals surface area contributed by atoms with Gasteiger partial charge in [-0.05, 0) is 12.8 Å². The number of nitrogens with two attached hydrogens (primary N) is 1. The molecule has 0 aromatic heterocycles. The van der Waals surface area contributed by atoms with Crippen LogP contribution < -0.4 is 21.4 Å². The highest BCUT2D eigenvalue weighted by molar-refractivity contribution is 5.73. The van der Waals surface area contributed by atoms with Gasteiger partial charge in [0, 0.05) is 0 Å². The van der Waals surface area contributed by atoms with Gasteiger partial charge in [0.25, 0.3) is 0 Å². The van der Waals surface area contributed by atoms with Crippen molar-refractivity contribution in [3.63, 3.8) is 0 Å². The minimum absolute atomic E-state index is 0.475. The largest absolute Gasteiger partial charge is 0.480 e. The van der Waals surface area contributed by atoms with Crippen molar-refractivity contribution in [2.45, 2.75) is 18.9 Å². The minimum Gasteiger partial charge on any atom is -0.480 e. The van der Waals surface area contributed by atoms with Gasteiger partial charge in [-0.15, -0.1) is 0 Å². The van der Waals surface area contributed by atoms with Crippen LogP contribution in [0.15, 0.2) is 0 Å². The molecule has 1 atom stereocenters. The van der Waals surface area contributed by atoms with E-state index in [1.807, 2.05) is 0 Å². The first-order valence-corrected chi connectivity index (χ1v) is 4.56. The second-order valence-corrected chi connectivity index (χ2v) is 2.89. The number of nitrogens with one attached hydrogen (secondary N) is 3. The van der Waals surface area contributed by atoms with Crippen LogP contribution in [0.2, 0.25) is 0 Å². The second-order valence-electron chi connectivity index (χ2n) is 2.89. The molecule has 0 aromatic rings. The summed E-state index contributed by atoms with van der Waals surface area (Å²) in [5, 5.41) is 14.5. The Bertz CT molecular complexity index is 206. The predicted octanol–water partition coefficient (Wildman–Crippen LogP) is -2.95. The number of hydrogen-bond acceptors (Lipinski definition) is 2. The van der Waals surface area contributed by atoms with E-state index in [-0.39, 0.29) is 0 Å². The summed E-state index contributed by atoms with van der Waals surface area (Å²) in [5.74, 6) is -0.134. The summed E-state index contributed by atoms with van der Waals surface area (Å²) in [7, 11) is 3.59. The fraction of sp³-hybridized carbons (Fsp3) is 0.750. The van der Waals surface area contributed by atoms with Crippen LogP contribution in [0, 0.1) is 0 Å². The van der Waals surface area contributed by atoms with Crippen molar-refractivity contribution in [2.75, 3.05) is 20.6 Å². The lowest BCUT2D eigenvalue weighted by Crippen LogP contribution is -2.75. The van der Waals surface area contributed by atoms with E-state index in [0.717, 1.165) is 12.4 Å². The first kappa shape index (κ1) is 12.7. The van der Waals surface area contributed by atoms with Gasteiger partial charge in [0.15, 0.2) is 0 Å². The number of carbonyl (C=O) groups is 1. The first-order chi connectivity index (χ1) is 6.61. The Morgan fingerprint density at radius 2 is 2.29 bits per heavy atom. The highest BCUT2D eigenvalue weighted by atomic mass is 16.4. The molecular weight excluding hydrogens is 184 g/mol. The van der Waals surface area contributed by atoms with E-state index in [0.29, 0.717) is 13.0 Å². The molecule has 0 saturated heterocycles. The standard InChI is InChI=1S/C8H18N4O2/c1-10-8(11-2)12-5-3-4-6(9)7(13)14/h6H,3-5,9H2,1-2H3,(H,13,14)(H2,10,11,12)/p+1. The van der Waals surface area contributed by atoms with Gasteiger partial charge in [-0.3, -0.25) is 20.4 Å². The van der Waals surface area contributed by atoms with E-state index < -0.39 is 12.0 Å². The SMILES string of the molecule is CNC(NCCCC(N)C(=O)O)=[NH+]C. The van der Waals surface area contributed by atoms with Crippen LogP contribution in [-0.4, -0.2) is 43.7 Å². The van der Waals surface area contributed by atoms with Crippen molar-refractivity contribution >= 4 is 11.9 Å². The average Bonchev–Trinajstić information content (AvgIpc) is 2.17. The predicted molar refractivity (Wildman–Crippen MR) is 53.8 cm³/mol. The molecule has 0 rings (SSSR count). The van der Waals surface area contributed by atoms with E-state index in [4.69, 9.17) is 10.8 Å². The smallest absolute Gasteiger partial charge is 0.342 e. The molecule has 0 saturated carbocycles. The second kappa shape index (κ2) is 7.14. The van der Waals surface area contributed by atoms with E-state index >= 15 is 0 Å². The van der Waals surface area contributed by atoms with Crippen LogP contribution in [0.4, 0.5) is 0 Å². The van der Waals surface area contributed by atoms with Crippen LogP contribution >= 0.6 is 0 Å². The monoisotopic (exact) mass is 203 g/mol. The average molecular weight is 203 g/mol. The number of guanidine groups is 1. The summed E-state index contributed by atoms with van der Waals surface area (Å²) in [6, 6.07) is -0.760. The Labute approximate surface area is 83.6 Å². The molecule has 0 amide bonds. The third-order valence-electron chi connectivity index (χ3n) is 1.81. The Hall–Kier alpha value is -1.30. The quantitative estimate of drug-likeness (QED) is 0.187. The topological polar surface area (TPSA) is 101 Å². The summed E-state index contributed by atoms with van der Waals surface area (Å²) in [6.45, 7) is 0.692. The molecule has 0 bridgehead atoms. The van der Waals surface area contributed by atoms with Crippen molar-refractivity contribution in [3.8, 4) is 0 Å². The molecule has 0 aliphatic carbocycles. The zero-order valence-electron chi connectivity index (χ0n) is 8.63. The maximum absolute atomic E-state index is 10.4. The van der Waals surface area contributed by atoms with Gasteiger partial charge in [0.1, 0.15) is 6.04 Å². The summed E-state index contributed by atoms with van der Waals surface area (Å²) in [5.41, 5.74) is 5.33. The molecule has 1 unspecified atom stereocenters. The van der Waals surface area contributed by atoms with Crippen LogP contribution in [-0.2, 0) is 4.79 Å². The summed E-state index contributed by atoms with van der Waals surface area (Å²) in [4.78, 5) is 13.3. The third-order valence-corrected chi connectivity index (χ3v) is 1.81. The zero-order chi connectivity index (χ0) is 11.0. The minimum atomic E-state index is -0.948. The molecule has 0 aromatic carbocycles. The van der Waals surface area contributed by atoms with Crippen LogP contribution in [0.1, 0.15) is 12.8 Å². The molecule has 0 spiro atoms. The van der Waals surface area contributed by atoms with Gasteiger partial charge in [-0.25, -0.2) is 0 Å². The maximum Gasteiger partial charge on any atom is 0.342 e. The van der Waals surface area contributed by atoms with E-state index in [1.54, 1.807) is 14.1 Å². The van der Waals surface area contributed by atoms with Gasteiger partial charge in [0.05, 0.1) is 20.6 Å². The Balaban J connectivity index is 3.51. The molecule has 6 nitrogen and oxygen atoms in total. The number of carboxylic acids is 1. The number of hydrogen-bond donors (Lipinski definition) is 5. The molecule has 0 fully saturated rings. The molecule has 0 aliphatic rings. The summed E-state index contributed by atoms with van der Waals surface area (Å²) >= 11 is 0. The Kier molecular flexibility index (Phi) is 6.47. The van der Waals surface area contributed by atoms with Crippen molar-refractivity contribution in [2.24, 2.45) is 5.73 Å². The van der Waals surface area contributed by atoms with Gasteiger partial charge in [-0.1, -0.05) is 0 Å². The number of aliphatic carboxylic acids is 1. The third kappa shape index (κ3) is 5.36. The lowest BCUT2D eigenvalue weighted by Gasteiger charge is -2.05. The molecule has 6 N–H and O–H groups in total. The van der Waals surface area contributed by atoms with E-state index in [2.05, 4.69) is 15.6 Å². The van der Waals surface area contributed by atoms with Gasteiger partial charge in [0.2, 0.25) is 0 Å². The fourth-order valence-corrected chi connectivity index (χ4v) is 0.961. The zero-order valence-corrected chi connectivity index (χ0v) is 8.63. The summed E-state index contributed by atoms with van der Waals surface area (Å²) in [6.07, 6.45) is 1.20. The van der Waals surface area contributed by atoms with Crippen molar-refractivity contribution in [1.82, 2.24) is 10.6 Å². The molecule has 0 aliphatic heterocycles. The summed E-state index contributed by atoms with van der Waals surface area (Å²) < 4.78 is 0. The van der Waals surface area contributed by atoms with E-state index in [1.165, 1.54) is 0 Å². The lowest BCUT2D eigenvalue weighted by atomic mass is 10.2. The molecule has 82 valence electrons. The molecule has 6 heteroatoms. The molecule has 0 heterocycles. The number of rotatable bonds is 5. The van der Waals surface area contributed by atoms with E-state index in [9.17, 15) is 4.79 Å². The number of carboxylic acid groups (broad SMARTS) is 1. The Morgan fingerprint density at radius 1 is 1.64 bits per heavy atom. The van der Waals surface area contributed by atoms with Gasteiger partial charge in [-0.2, -0.15) is 0 Å². The van der Waals surface area contributed by atoms with Crippen molar-refractivity contribution in [1.29, 1.82) is 0 Å². The van der Waals surface area contributed by atoms with Crippen LogP contribution in [0.5, 0.6) is 0 Å². The normalized spacial score (nSPS) is 13.5. The molecule has 0 radical (unpaired) electrons.